The van der Waals surface area contributed by atoms with E-state index in [9.17, 15) is 19.0 Å². The topological polar surface area (TPSA) is 131 Å². The van der Waals surface area contributed by atoms with E-state index in [1.165, 1.54) is 10.6 Å². The summed E-state index contributed by atoms with van der Waals surface area (Å²) in [5.74, 6) is -1.07. The number of benzene rings is 1. The molecule has 0 amide bonds. The number of aromatic nitrogens is 6. The SMILES string of the molecule is C[C@@H]1CC[C@H](c2nc3c4cc(F)cc(F)c4nc(N)n3n2)CN1c1cnn(C[C@](C)(O)CO)c1. The van der Waals surface area contributed by atoms with Gasteiger partial charge in [0.25, 0.3) is 0 Å². The summed E-state index contributed by atoms with van der Waals surface area (Å²) >= 11 is 0. The first-order chi connectivity index (χ1) is 16.1. The van der Waals surface area contributed by atoms with E-state index in [1.807, 2.05) is 6.20 Å². The molecule has 10 nitrogen and oxygen atoms in total. The maximum absolute atomic E-state index is 14.3. The van der Waals surface area contributed by atoms with E-state index in [2.05, 4.69) is 32.0 Å². The summed E-state index contributed by atoms with van der Waals surface area (Å²) in [5, 5.41) is 28.5. The molecule has 1 aliphatic heterocycles. The highest BCUT2D eigenvalue weighted by molar-refractivity contribution is 5.92. The number of aliphatic hydroxyl groups excluding tert-OH is 1. The molecule has 34 heavy (non-hydrogen) atoms. The van der Waals surface area contributed by atoms with E-state index in [4.69, 9.17) is 5.73 Å². The molecular formula is C22H26F2N8O2. The van der Waals surface area contributed by atoms with Gasteiger partial charge < -0.3 is 20.8 Å². The van der Waals surface area contributed by atoms with Crippen molar-refractivity contribution in [3.63, 3.8) is 0 Å². The van der Waals surface area contributed by atoms with Crippen LogP contribution in [0.2, 0.25) is 0 Å². The van der Waals surface area contributed by atoms with Crippen LogP contribution in [0.1, 0.15) is 38.4 Å². The highest BCUT2D eigenvalue weighted by atomic mass is 19.1. The Labute approximate surface area is 193 Å². The van der Waals surface area contributed by atoms with Crippen molar-refractivity contribution in [3.05, 3.63) is 42.0 Å². The monoisotopic (exact) mass is 472 g/mol. The molecule has 0 unspecified atom stereocenters. The van der Waals surface area contributed by atoms with Crippen molar-refractivity contribution in [2.24, 2.45) is 0 Å². The molecule has 5 rings (SSSR count). The van der Waals surface area contributed by atoms with E-state index < -0.39 is 17.2 Å². The van der Waals surface area contributed by atoms with E-state index in [0.717, 1.165) is 24.6 Å². The molecule has 4 aromatic rings. The van der Waals surface area contributed by atoms with Crippen LogP contribution in [-0.4, -0.2) is 64.4 Å². The molecule has 3 atom stereocenters. The Hall–Kier alpha value is -3.38. The largest absolute Gasteiger partial charge is 0.393 e. The Balaban J connectivity index is 1.47. The van der Waals surface area contributed by atoms with Gasteiger partial charge in [-0.1, -0.05) is 0 Å². The molecule has 1 aliphatic rings. The quantitative estimate of drug-likeness (QED) is 0.401. The summed E-state index contributed by atoms with van der Waals surface area (Å²) in [6.45, 7) is 4.06. The summed E-state index contributed by atoms with van der Waals surface area (Å²) in [6.07, 6.45) is 5.26. The lowest BCUT2D eigenvalue weighted by Gasteiger charge is -2.37. The van der Waals surface area contributed by atoms with Gasteiger partial charge in [0, 0.05) is 30.8 Å². The van der Waals surface area contributed by atoms with Crippen LogP contribution in [0.5, 0.6) is 0 Å². The second-order valence-corrected chi connectivity index (χ2v) is 9.29. The zero-order chi connectivity index (χ0) is 24.2. The van der Waals surface area contributed by atoms with E-state index in [0.29, 0.717) is 12.4 Å². The zero-order valence-electron chi connectivity index (χ0n) is 18.9. The summed E-state index contributed by atoms with van der Waals surface area (Å²) < 4.78 is 31.1. The lowest BCUT2D eigenvalue weighted by atomic mass is 9.92. The molecule has 180 valence electrons. The smallest absolute Gasteiger partial charge is 0.223 e. The molecule has 4 N–H and O–H groups in total. The maximum Gasteiger partial charge on any atom is 0.223 e. The van der Waals surface area contributed by atoms with Crippen molar-refractivity contribution in [1.29, 1.82) is 0 Å². The molecule has 4 heterocycles. The molecule has 0 saturated carbocycles. The van der Waals surface area contributed by atoms with Gasteiger partial charge in [0.05, 0.1) is 30.4 Å². The summed E-state index contributed by atoms with van der Waals surface area (Å²) in [5.41, 5.74) is 5.84. The summed E-state index contributed by atoms with van der Waals surface area (Å²) in [7, 11) is 0. The second-order valence-electron chi connectivity index (χ2n) is 9.29. The van der Waals surface area contributed by atoms with Gasteiger partial charge in [-0.25, -0.2) is 18.7 Å². The molecular weight excluding hydrogens is 446 g/mol. The van der Waals surface area contributed by atoms with Crippen LogP contribution < -0.4 is 10.6 Å². The van der Waals surface area contributed by atoms with Gasteiger partial charge in [0.1, 0.15) is 16.9 Å². The fourth-order valence-electron chi connectivity index (χ4n) is 4.51. The number of rotatable bonds is 5. The summed E-state index contributed by atoms with van der Waals surface area (Å²) in [4.78, 5) is 10.9. The first-order valence-electron chi connectivity index (χ1n) is 11.1. The van der Waals surface area contributed by atoms with Crippen LogP contribution >= 0.6 is 0 Å². The first kappa shape index (κ1) is 22.4. The minimum atomic E-state index is -1.27. The lowest BCUT2D eigenvalue weighted by molar-refractivity contribution is -0.0145. The molecule has 3 aromatic heterocycles. The molecule has 0 radical (unpaired) electrons. The van der Waals surface area contributed by atoms with Crippen LogP contribution in [0, 0.1) is 11.6 Å². The third kappa shape index (κ3) is 3.92. The van der Waals surface area contributed by atoms with Gasteiger partial charge in [-0.15, -0.1) is 5.10 Å². The van der Waals surface area contributed by atoms with Crippen LogP contribution in [0.25, 0.3) is 16.6 Å². The van der Waals surface area contributed by atoms with E-state index >= 15 is 0 Å². The van der Waals surface area contributed by atoms with Crippen molar-refractivity contribution >= 4 is 28.2 Å². The third-order valence-corrected chi connectivity index (χ3v) is 6.38. The number of nitrogens with two attached hydrogens (primary N) is 1. The molecule has 12 heteroatoms. The van der Waals surface area contributed by atoms with Crippen molar-refractivity contribution < 1.29 is 19.0 Å². The fourth-order valence-corrected chi connectivity index (χ4v) is 4.51. The number of halogens is 2. The van der Waals surface area contributed by atoms with Gasteiger partial charge in [0.2, 0.25) is 5.95 Å². The van der Waals surface area contributed by atoms with Gasteiger partial charge >= 0.3 is 0 Å². The Morgan fingerprint density at radius 3 is 2.79 bits per heavy atom. The third-order valence-electron chi connectivity index (χ3n) is 6.38. The van der Waals surface area contributed by atoms with Crippen molar-refractivity contribution in [1.82, 2.24) is 29.4 Å². The van der Waals surface area contributed by atoms with Crippen LogP contribution in [0.15, 0.2) is 24.5 Å². The number of aliphatic hydroxyl groups is 2. The van der Waals surface area contributed by atoms with Crippen molar-refractivity contribution in [2.75, 3.05) is 23.8 Å². The predicted octanol–water partition coefficient (Wildman–Crippen LogP) is 1.85. The molecule has 1 saturated heterocycles. The standard InChI is InChI=1S/C22H26F2N8O2/c1-12-3-4-13(8-31(12)15-7-26-30(9-15)10-22(2,34)11-33)19-28-20-16-5-14(23)6-17(24)18(16)27-21(25)32(20)29-19/h5-7,9,12-13,33-34H,3-4,8,10-11H2,1-2H3,(H2,25,27)/t12-,13+,22+/m1/s1. The average molecular weight is 473 g/mol. The zero-order valence-corrected chi connectivity index (χ0v) is 18.9. The Kier molecular flexibility index (Phi) is 5.36. The van der Waals surface area contributed by atoms with Gasteiger partial charge in [-0.05, 0) is 32.8 Å². The van der Waals surface area contributed by atoms with E-state index in [1.54, 1.807) is 17.8 Å². The van der Waals surface area contributed by atoms with Crippen molar-refractivity contribution in [3.8, 4) is 0 Å². The molecule has 0 aliphatic carbocycles. The van der Waals surface area contributed by atoms with Crippen LogP contribution in [0.3, 0.4) is 0 Å². The number of nitrogens with zero attached hydrogens (tertiary/aromatic N) is 7. The first-order valence-corrected chi connectivity index (χ1v) is 11.1. The molecule has 0 spiro atoms. The van der Waals surface area contributed by atoms with E-state index in [-0.39, 0.29) is 47.6 Å². The Morgan fingerprint density at radius 1 is 1.24 bits per heavy atom. The predicted molar refractivity (Wildman–Crippen MR) is 121 cm³/mol. The lowest BCUT2D eigenvalue weighted by Crippen LogP contribution is -2.41. The average Bonchev–Trinajstić information content (AvgIpc) is 3.43. The number of nitrogen functional groups attached to an aromatic ring is 1. The van der Waals surface area contributed by atoms with Crippen LogP contribution in [-0.2, 0) is 6.54 Å². The summed E-state index contributed by atoms with van der Waals surface area (Å²) in [6, 6.07) is 2.19. The van der Waals surface area contributed by atoms with Gasteiger partial charge in [-0.2, -0.15) is 9.61 Å². The fraction of sp³-hybridized carbons (Fsp3) is 0.455. The molecule has 0 bridgehead atoms. The maximum atomic E-state index is 14.3. The minimum absolute atomic E-state index is 0.0231. The number of fused-ring (bicyclic) bond motifs is 3. The molecule has 1 aromatic carbocycles. The Morgan fingerprint density at radius 2 is 2.03 bits per heavy atom. The number of piperidine rings is 1. The van der Waals surface area contributed by atoms with Crippen molar-refractivity contribution in [2.45, 2.75) is 50.8 Å². The highest BCUT2D eigenvalue weighted by Gasteiger charge is 2.31. The highest BCUT2D eigenvalue weighted by Crippen LogP contribution is 2.33. The molecule has 1 fully saturated rings. The second kappa shape index (κ2) is 8.13. The van der Waals surface area contributed by atoms with Gasteiger partial charge in [0.15, 0.2) is 17.3 Å². The number of anilines is 2. The van der Waals surface area contributed by atoms with Gasteiger partial charge in [-0.3, -0.25) is 4.68 Å². The Bertz CT molecular complexity index is 1370. The number of hydrogen-bond acceptors (Lipinski definition) is 8. The number of hydrogen-bond donors (Lipinski definition) is 3. The minimum Gasteiger partial charge on any atom is -0.393 e. The normalized spacial score (nSPS) is 20.8. The van der Waals surface area contributed by atoms with Crippen LogP contribution in [0.4, 0.5) is 20.4 Å².